The minimum atomic E-state index is 0.645. The number of nitrogens with one attached hydrogen (secondary N) is 1. The van der Waals surface area contributed by atoms with Crippen molar-refractivity contribution in [3.8, 4) is 0 Å². The lowest BCUT2D eigenvalue weighted by Gasteiger charge is -2.03. The van der Waals surface area contributed by atoms with Gasteiger partial charge in [-0.2, -0.15) is 0 Å². The Hall–Kier alpha value is -2.43. The second kappa shape index (κ2) is 3.86. The summed E-state index contributed by atoms with van der Waals surface area (Å²) in [6.45, 7) is 0.703. The molecule has 0 aliphatic heterocycles. The van der Waals surface area contributed by atoms with Crippen LogP contribution in [0.1, 0.15) is 5.56 Å². The molecule has 17 heavy (non-hydrogen) atoms. The van der Waals surface area contributed by atoms with Crippen LogP contribution in [-0.4, -0.2) is 15.0 Å². The number of benzene rings is 1. The van der Waals surface area contributed by atoms with Crippen LogP contribution < -0.4 is 10.3 Å². The van der Waals surface area contributed by atoms with E-state index in [4.69, 9.17) is 5.73 Å². The van der Waals surface area contributed by atoms with Crippen LogP contribution in [-0.2, 0) is 6.54 Å². The molecule has 0 aliphatic rings. The maximum Gasteiger partial charge on any atom is 0.260 e. The summed E-state index contributed by atoms with van der Waals surface area (Å²) in [5, 5.41) is 0. The SMILES string of the molecule is Nc1c2[nH]cnc2nc[n+]1Cc1ccccc1. The van der Waals surface area contributed by atoms with Gasteiger partial charge in [0.2, 0.25) is 12.1 Å². The summed E-state index contributed by atoms with van der Waals surface area (Å²) >= 11 is 0. The van der Waals surface area contributed by atoms with Crippen LogP contribution in [0.2, 0.25) is 0 Å². The Morgan fingerprint density at radius 3 is 2.82 bits per heavy atom. The molecule has 3 N–H and O–H groups in total. The number of nitrogens with zero attached hydrogens (tertiary/aromatic N) is 3. The van der Waals surface area contributed by atoms with E-state index >= 15 is 0 Å². The van der Waals surface area contributed by atoms with Crippen LogP contribution in [0.3, 0.4) is 0 Å². The smallest absolute Gasteiger partial charge is 0.260 e. The number of fused-ring (bicyclic) bond motifs is 1. The molecule has 0 saturated carbocycles. The van der Waals surface area contributed by atoms with E-state index in [0.717, 1.165) is 5.52 Å². The molecule has 5 heteroatoms. The monoisotopic (exact) mass is 226 g/mol. The lowest BCUT2D eigenvalue weighted by Crippen LogP contribution is -2.38. The molecule has 0 radical (unpaired) electrons. The van der Waals surface area contributed by atoms with Gasteiger partial charge in [0.15, 0.2) is 5.52 Å². The Bertz CT molecular complexity index is 644. The standard InChI is InChI=1S/C12H11N5/c13-11-10-12(15-7-14-10)16-8-17(11)6-9-4-2-1-3-5-9/h1-5,7-8H,6H2,(H2,13,14,15)/p+1. The lowest BCUT2D eigenvalue weighted by atomic mass is 10.2. The molecule has 0 unspecified atom stereocenters. The zero-order valence-corrected chi connectivity index (χ0v) is 9.17. The number of rotatable bonds is 2. The van der Waals surface area contributed by atoms with Crippen LogP contribution >= 0.6 is 0 Å². The van der Waals surface area contributed by atoms with Crippen molar-refractivity contribution in [1.29, 1.82) is 0 Å². The zero-order valence-electron chi connectivity index (χ0n) is 9.17. The van der Waals surface area contributed by atoms with Crippen LogP contribution in [0.5, 0.6) is 0 Å². The molecule has 3 aromatic rings. The summed E-state index contributed by atoms with van der Waals surface area (Å²) in [4.78, 5) is 11.3. The fourth-order valence-electron chi connectivity index (χ4n) is 1.81. The maximum atomic E-state index is 6.06. The van der Waals surface area contributed by atoms with Gasteiger partial charge in [0.05, 0.1) is 12.9 Å². The Morgan fingerprint density at radius 2 is 2.00 bits per heavy atom. The predicted molar refractivity (Wildman–Crippen MR) is 64.0 cm³/mol. The number of nitrogen functional groups attached to an aromatic ring is 1. The highest BCUT2D eigenvalue weighted by atomic mass is 15.1. The summed E-state index contributed by atoms with van der Waals surface area (Å²) in [6.07, 6.45) is 3.31. The Kier molecular flexibility index (Phi) is 2.22. The Balaban J connectivity index is 2.03. The van der Waals surface area contributed by atoms with E-state index in [0.29, 0.717) is 18.0 Å². The zero-order chi connectivity index (χ0) is 11.7. The molecule has 1 aromatic carbocycles. The molecule has 0 saturated heterocycles. The third-order valence-electron chi connectivity index (χ3n) is 2.70. The molecule has 0 fully saturated rings. The fraction of sp³-hybridized carbons (Fsp3) is 0.0833. The van der Waals surface area contributed by atoms with Gasteiger partial charge in [0, 0.05) is 0 Å². The van der Waals surface area contributed by atoms with Gasteiger partial charge >= 0.3 is 0 Å². The van der Waals surface area contributed by atoms with Gasteiger partial charge in [0.25, 0.3) is 5.65 Å². The fourth-order valence-corrected chi connectivity index (χ4v) is 1.81. The molecule has 0 amide bonds. The van der Waals surface area contributed by atoms with Crippen molar-refractivity contribution in [1.82, 2.24) is 15.0 Å². The molecule has 0 atom stereocenters. The van der Waals surface area contributed by atoms with Gasteiger partial charge in [-0.05, 0) is 5.56 Å². The van der Waals surface area contributed by atoms with E-state index < -0.39 is 0 Å². The highest BCUT2D eigenvalue weighted by molar-refractivity contribution is 5.78. The van der Waals surface area contributed by atoms with Crippen molar-refractivity contribution in [3.63, 3.8) is 0 Å². The van der Waals surface area contributed by atoms with Crippen molar-refractivity contribution in [3.05, 3.63) is 48.5 Å². The van der Waals surface area contributed by atoms with Gasteiger partial charge in [0.1, 0.15) is 0 Å². The van der Waals surface area contributed by atoms with E-state index in [1.54, 1.807) is 12.7 Å². The first-order chi connectivity index (χ1) is 8.34. The third kappa shape index (κ3) is 1.71. The number of aromatic amines is 1. The second-order valence-corrected chi connectivity index (χ2v) is 3.84. The van der Waals surface area contributed by atoms with Gasteiger partial charge in [-0.1, -0.05) is 35.3 Å². The Morgan fingerprint density at radius 1 is 1.18 bits per heavy atom. The van der Waals surface area contributed by atoms with Gasteiger partial charge in [-0.25, -0.2) is 9.55 Å². The Labute approximate surface area is 98.0 Å². The first-order valence-corrected chi connectivity index (χ1v) is 5.35. The molecule has 5 nitrogen and oxygen atoms in total. The normalized spacial score (nSPS) is 10.8. The molecular formula is C12H12N5+. The lowest BCUT2D eigenvalue weighted by molar-refractivity contribution is -0.675. The topological polar surface area (TPSA) is 71.5 Å². The van der Waals surface area contributed by atoms with Crippen molar-refractivity contribution in [2.24, 2.45) is 0 Å². The van der Waals surface area contributed by atoms with Crippen molar-refractivity contribution < 1.29 is 4.57 Å². The number of nitrogens with two attached hydrogens (primary N) is 1. The van der Waals surface area contributed by atoms with E-state index in [9.17, 15) is 0 Å². The maximum absolute atomic E-state index is 6.06. The number of aromatic nitrogens is 4. The highest BCUT2D eigenvalue weighted by Gasteiger charge is 2.12. The second-order valence-electron chi connectivity index (χ2n) is 3.84. The number of imidazole rings is 1. The quantitative estimate of drug-likeness (QED) is 0.637. The molecule has 2 heterocycles. The third-order valence-corrected chi connectivity index (χ3v) is 2.70. The molecule has 2 aromatic heterocycles. The van der Waals surface area contributed by atoms with E-state index in [1.165, 1.54) is 5.56 Å². The molecular weight excluding hydrogens is 214 g/mol. The first-order valence-electron chi connectivity index (χ1n) is 5.35. The van der Waals surface area contributed by atoms with Crippen LogP contribution in [0, 0.1) is 0 Å². The summed E-state index contributed by atoms with van der Waals surface area (Å²) in [5.41, 5.74) is 8.67. The van der Waals surface area contributed by atoms with Gasteiger partial charge in [-0.3, -0.25) is 0 Å². The summed E-state index contributed by atoms with van der Waals surface area (Å²) in [5.74, 6) is 0.649. The average molecular weight is 226 g/mol. The summed E-state index contributed by atoms with van der Waals surface area (Å²) in [6, 6.07) is 10.1. The number of H-pyrrole nitrogens is 1. The molecule has 84 valence electrons. The van der Waals surface area contributed by atoms with E-state index in [1.807, 2.05) is 22.8 Å². The summed E-state index contributed by atoms with van der Waals surface area (Å²) in [7, 11) is 0. The number of hydrogen-bond acceptors (Lipinski definition) is 3. The molecule has 0 spiro atoms. The number of hydrogen-bond donors (Lipinski definition) is 2. The van der Waals surface area contributed by atoms with Crippen molar-refractivity contribution in [2.45, 2.75) is 6.54 Å². The minimum Gasteiger partial charge on any atom is -0.336 e. The van der Waals surface area contributed by atoms with Crippen molar-refractivity contribution >= 4 is 17.0 Å². The van der Waals surface area contributed by atoms with Crippen LogP contribution in [0.25, 0.3) is 11.2 Å². The molecule has 0 aliphatic carbocycles. The van der Waals surface area contributed by atoms with Crippen LogP contribution in [0.4, 0.5) is 5.82 Å². The van der Waals surface area contributed by atoms with Crippen molar-refractivity contribution in [2.75, 3.05) is 5.73 Å². The molecule has 3 rings (SSSR count). The summed E-state index contributed by atoms with van der Waals surface area (Å²) < 4.78 is 1.90. The average Bonchev–Trinajstić information content (AvgIpc) is 2.83. The van der Waals surface area contributed by atoms with E-state index in [-0.39, 0.29) is 0 Å². The number of anilines is 1. The molecule has 0 bridgehead atoms. The predicted octanol–water partition coefficient (Wildman–Crippen LogP) is 0.876. The van der Waals surface area contributed by atoms with Crippen LogP contribution in [0.15, 0.2) is 43.0 Å². The van der Waals surface area contributed by atoms with E-state index in [2.05, 4.69) is 27.1 Å². The highest BCUT2D eigenvalue weighted by Crippen LogP contribution is 2.09. The van der Waals surface area contributed by atoms with Gasteiger partial charge < -0.3 is 10.7 Å². The first kappa shape index (κ1) is 9.77. The van der Waals surface area contributed by atoms with Gasteiger partial charge in [-0.15, -0.1) is 0 Å². The largest absolute Gasteiger partial charge is 0.336 e. The minimum absolute atomic E-state index is 0.645.